The molecule has 1 aromatic heterocycles. The van der Waals surface area contributed by atoms with Crippen molar-refractivity contribution in [2.24, 2.45) is 0 Å². The molecule has 26 heavy (non-hydrogen) atoms. The van der Waals surface area contributed by atoms with E-state index in [0.29, 0.717) is 29.7 Å². The van der Waals surface area contributed by atoms with E-state index in [-0.39, 0.29) is 0 Å². The summed E-state index contributed by atoms with van der Waals surface area (Å²) in [5.41, 5.74) is 2.09. The molecule has 1 fully saturated rings. The van der Waals surface area contributed by atoms with Crippen molar-refractivity contribution >= 4 is 5.95 Å². The van der Waals surface area contributed by atoms with E-state index in [0.717, 1.165) is 30.0 Å². The van der Waals surface area contributed by atoms with Gasteiger partial charge in [-0.3, -0.25) is 4.48 Å². The van der Waals surface area contributed by atoms with Gasteiger partial charge in [0.2, 0.25) is 0 Å². The Morgan fingerprint density at radius 2 is 1.65 bits per heavy atom. The van der Waals surface area contributed by atoms with Gasteiger partial charge < -0.3 is 9.47 Å². The number of quaternary nitrogens is 1. The highest BCUT2D eigenvalue weighted by molar-refractivity contribution is 5.70. The highest BCUT2D eigenvalue weighted by Crippen LogP contribution is 2.32. The number of hydrogen-bond acceptors (Lipinski definition) is 5. The maximum absolute atomic E-state index is 6.04. The van der Waals surface area contributed by atoms with E-state index in [1.54, 1.807) is 0 Å². The number of morpholine rings is 1. The van der Waals surface area contributed by atoms with Crippen LogP contribution in [0.3, 0.4) is 0 Å². The van der Waals surface area contributed by atoms with Crippen molar-refractivity contribution in [3.05, 3.63) is 60.9 Å². The fourth-order valence-corrected chi connectivity index (χ4v) is 3.04. The van der Waals surface area contributed by atoms with E-state index in [1.165, 1.54) is 6.33 Å². The number of benzene rings is 2. The molecule has 6 heteroatoms. The number of para-hydroxylation sites is 1. The van der Waals surface area contributed by atoms with Crippen LogP contribution in [-0.2, 0) is 4.74 Å². The van der Waals surface area contributed by atoms with Crippen molar-refractivity contribution in [2.45, 2.75) is 0 Å². The summed E-state index contributed by atoms with van der Waals surface area (Å²) >= 11 is 0. The van der Waals surface area contributed by atoms with Crippen LogP contribution in [0.25, 0.3) is 11.1 Å². The smallest absolute Gasteiger partial charge is 0.335 e. The highest BCUT2D eigenvalue weighted by atomic mass is 16.5. The predicted octanol–water partition coefficient (Wildman–Crippen LogP) is 3.30. The highest BCUT2D eigenvalue weighted by Gasteiger charge is 2.31. The fourth-order valence-electron chi connectivity index (χ4n) is 3.04. The Labute approximate surface area is 152 Å². The molecule has 0 N–H and O–H groups in total. The summed E-state index contributed by atoms with van der Waals surface area (Å²) in [4.78, 5) is 13.2. The second-order valence-electron chi connectivity index (χ2n) is 6.49. The molecule has 2 heterocycles. The van der Waals surface area contributed by atoms with Gasteiger partial charge in [0, 0.05) is 5.56 Å². The van der Waals surface area contributed by atoms with Crippen molar-refractivity contribution in [3.8, 4) is 22.9 Å². The minimum atomic E-state index is 0.309. The fraction of sp³-hybridized carbons (Fsp3) is 0.250. The van der Waals surface area contributed by atoms with Crippen LogP contribution in [0.4, 0.5) is 5.95 Å². The summed E-state index contributed by atoms with van der Waals surface area (Å²) < 4.78 is 12.1. The molecule has 1 aliphatic rings. The molecule has 0 amide bonds. The SMILES string of the molecule is C[N+]1(c2ncnc(Oc3ccccc3-c3ccccc3)n2)CCOCC1. The van der Waals surface area contributed by atoms with Gasteiger partial charge in [0.25, 0.3) is 0 Å². The van der Waals surface area contributed by atoms with Crippen LogP contribution in [-0.4, -0.2) is 48.3 Å². The van der Waals surface area contributed by atoms with Crippen LogP contribution in [0, 0.1) is 0 Å². The van der Waals surface area contributed by atoms with Crippen molar-refractivity contribution in [3.63, 3.8) is 0 Å². The molecule has 0 bridgehead atoms. The molecule has 3 aromatic rings. The molecule has 4 rings (SSSR count). The van der Waals surface area contributed by atoms with E-state index < -0.39 is 0 Å². The molecule has 0 saturated carbocycles. The minimum absolute atomic E-state index is 0.309. The van der Waals surface area contributed by atoms with Crippen molar-refractivity contribution in [1.29, 1.82) is 0 Å². The van der Waals surface area contributed by atoms with Crippen LogP contribution in [0.15, 0.2) is 60.9 Å². The maximum Gasteiger partial charge on any atom is 0.335 e. The normalized spacial score (nSPS) is 16.2. The number of likely N-dealkylation sites (N-methyl/N-ethyl adjacent to an activating group) is 1. The summed E-state index contributed by atoms with van der Waals surface area (Å²) in [6.07, 6.45) is 1.52. The summed E-state index contributed by atoms with van der Waals surface area (Å²) in [5, 5.41) is 0. The van der Waals surface area contributed by atoms with Crippen molar-refractivity contribution in [1.82, 2.24) is 19.4 Å². The Bertz CT molecular complexity index is 880. The zero-order chi connectivity index (χ0) is 17.8. The zero-order valence-electron chi connectivity index (χ0n) is 14.7. The lowest BCUT2D eigenvalue weighted by atomic mass is 10.1. The number of rotatable bonds is 4. The summed E-state index contributed by atoms with van der Waals surface area (Å²) in [6.45, 7) is 3.08. The summed E-state index contributed by atoms with van der Waals surface area (Å²) in [5.74, 6) is 1.43. The van der Waals surface area contributed by atoms with Crippen molar-refractivity contribution in [2.75, 3.05) is 33.4 Å². The van der Waals surface area contributed by atoms with Crippen LogP contribution >= 0.6 is 0 Å². The topological polar surface area (TPSA) is 57.1 Å². The second-order valence-corrected chi connectivity index (χ2v) is 6.49. The molecular weight excluding hydrogens is 328 g/mol. The molecule has 0 atom stereocenters. The Hall–Kier alpha value is -2.83. The number of aromatic nitrogens is 3. The maximum atomic E-state index is 6.04. The van der Waals surface area contributed by atoms with E-state index in [2.05, 4.69) is 34.1 Å². The molecule has 6 nitrogen and oxygen atoms in total. The van der Waals surface area contributed by atoms with E-state index in [4.69, 9.17) is 9.47 Å². The predicted molar refractivity (Wildman–Crippen MR) is 100 cm³/mol. The van der Waals surface area contributed by atoms with Gasteiger partial charge in [-0.15, -0.1) is 4.98 Å². The standard InChI is InChI=1S/C20H21N4O2/c1-24(11-13-25-14-12-24)19-21-15-22-20(23-19)26-18-10-6-5-9-17(18)16-7-3-2-4-8-16/h2-10,15H,11-14H2,1H3/q+1. The Morgan fingerprint density at radius 1 is 0.923 bits per heavy atom. The average Bonchev–Trinajstić information content (AvgIpc) is 2.70. The van der Waals surface area contributed by atoms with Crippen LogP contribution in [0.2, 0.25) is 0 Å². The quantitative estimate of drug-likeness (QED) is 0.677. The average molecular weight is 349 g/mol. The summed E-state index contributed by atoms with van der Waals surface area (Å²) in [6, 6.07) is 18.3. The third kappa shape index (κ3) is 3.42. The Morgan fingerprint density at radius 3 is 2.46 bits per heavy atom. The van der Waals surface area contributed by atoms with Gasteiger partial charge in [-0.25, -0.2) is 0 Å². The van der Waals surface area contributed by atoms with Crippen LogP contribution < -0.4 is 9.22 Å². The zero-order valence-corrected chi connectivity index (χ0v) is 14.7. The lowest BCUT2D eigenvalue weighted by Crippen LogP contribution is -2.54. The lowest BCUT2D eigenvalue weighted by Gasteiger charge is -2.34. The molecule has 1 saturated heterocycles. The van der Waals surface area contributed by atoms with Gasteiger partial charge in [-0.1, -0.05) is 48.5 Å². The van der Waals surface area contributed by atoms with E-state index >= 15 is 0 Å². The van der Waals surface area contributed by atoms with Gasteiger partial charge in [0.15, 0.2) is 0 Å². The van der Waals surface area contributed by atoms with Gasteiger partial charge in [0.1, 0.15) is 25.2 Å². The van der Waals surface area contributed by atoms with Gasteiger partial charge in [-0.2, -0.15) is 9.97 Å². The summed E-state index contributed by atoms with van der Waals surface area (Å²) in [7, 11) is 2.11. The number of nitrogens with zero attached hydrogens (tertiary/aromatic N) is 4. The van der Waals surface area contributed by atoms with Gasteiger partial charge in [0.05, 0.1) is 20.3 Å². The van der Waals surface area contributed by atoms with Crippen molar-refractivity contribution < 1.29 is 9.47 Å². The molecule has 0 radical (unpaired) electrons. The largest absolute Gasteiger partial charge is 0.423 e. The first-order valence-corrected chi connectivity index (χ1v) is 8.69. The molecule has 0 aliphatic carbocycles. The van der Waals surface area contributed by atoms with Crippen LogP contribution in [0.1, 0.15) is 0 Å². The van der Waals surface area contributed by atoms with Gasteiger partial charge >= 0.3 is 12.0 Å². The number of hydrogen-bond donors (Lipinski definition) is 0. The Balaban J connectivity index is 1.64. The molecule has 0 spiro atoms. The monoisotopic (exact) mass is 349 g/mol. The Kier molecular flexibility index (Phi) is 4.60. The van der Waals surface area contributed by atoms with E-state index in [9.17, 15) is 0 Å². The van der Waals surface area contributed by atoms with E-state index in [1.807, 2.05) is 42.5 Å². The second kappa shape index (κ2) is 7.19. The molecule has 1 aliphatic heterocycles. The molecule has 132 valence electrons. The third-order valence-electron chi connectivity index (χ3n) is 4.65. The number of ether oxygens (including phenoxy) is 2. The molecular formula is C20H21N4O2+. The lowest BCUT2D eigenvalue weighted by molar-refractivity contribution is 0.0493. The third-order valence-corrected chi connectivity index (χ3v) is 4.65. The first kappa shape index (κ1) is 16.6. The van der Waals surface area contributed by atoms with Crippen LogP contribution in [0.5, 0.6) is 11.8 Å². The van der Waals surface area contributed by atoms with Gasteiger partial charge in [-0.05, 0) is 11.6 Å². The molecule has 2 aromatic carbocycles. The molecule has 0 unspecified atom stereocenters. The first-order valence-electron chi connectivity index (χ1n) is 8.69. The minimum Gasteiger partial charge on any atom is -0.423 e. The first-order chi connectivity index (χ1) is 12.7.